The van der Waals surface area contributed by atoms with Gasteiger partial charge in [-0.1, -0.05) is 51.2 Å². The van der Waals surface area contributed by atoms with E-state index in [9.17, 15) is 0 Å². The highest BCUT2D eigenvalue weighted by atomic mass is 14.9. The average Bonchev–Trinajstić information content (AvgIpc) is 2.78. The number of hydrogen-bond acceptors (Lipinski definition) is 1. The molecule has 0 heterocycles. The third-order valence-corrected chi connectivity index (χ3v) is 5.20. The van der Waals surface area contributed by atoms with E-state index in [1.807, 2.05) is 0 Å². The van der Waals surface area contributed by atoms with Crippen LogP contribution in [0.5, 0.6) is 0 Å². The molecule has 0 spiro atoms. The summed E-state index contributed by atoms with van der Waals surface area (Å²) in [6.45, 7) is 5.95. The molecule has 0 aromatic heterocycles. The monoisotopic (exact) mass is 263 g/mol. The van der Waals surface area contributed by atoms with Crippen molar-refractivity contribution < 1.29 is 0 Å². The molecular formula is C18H33N. The topological polar surface area (TPSA) is 12.0 Å². The minimum Gasteiger partial charge on any atom is -0.310 e. The Labute approximate surface area is 120 Å². The highest BCUT2D eigenvalue weighted by Crippen LogP contribution is 2.37. The highest BCUT2D eigenvalue weighted by Gasteiger charge is 2.32. The molecule has 2 aliphatic rings. The Morgan fingerprint density at radius 1 is 1.16 bits per heavy atom. The summed E-state index contributed by atoms with van der Waals surface area (Å²) in [5.74, 6) is 1.82. The lowest BCUT2D eigenvalue weighted by Crippen LogP contribution is -2.39. The normalized spacial score (nSPS) is 30.5. The molecular weight excluding hydrogens is 230 g/mol. The molecule has 0 radical (unpaired) electrons. The maximum Gasteiger partial charge on any atom is 0.0310 e. The summed E-state index contributed by atoms with van der Waals surface area (Å²) in [6, 6.07) is 0.690. The molecule has 0 bridgehead atoms. The summed E-state index contributed by atoms with van der Waals surface area (Å²) in [6.07, 6.45) is 16.6. The van der Waals surface area contributed by atoms with Crippen LogP contribution in [0.1, 0.15) is 78.1 Å². The molecule has 0 saturated heterocycles. The molecule has 2 rings (SSSR count). The fraction of sp³-hybridized carbons (Fsp3) is 0.889. The van der Waals surface area contributed by atoms with Crippen LogP contribution in [0.2, 0.25) is 0 Å². The Morgan fingerprint density at radius 2 is 2.00 bits per heavy atom. The summed E-state index contributed by atoms with van der Waals surface area (Å²) in [5.41, 5.74) is 1.76. The van der Waals surface area contributed by atoms with Gasteiger partial charge < -0.3 is 5.32 Å². The minimum atomic E-state index is 0.690. The van der Waals surface area contributed by atoms with Gasteiger partial charge in [0.1, 0.15) is 0 Å². The van der Waals surface area contributed by atoms with E-state index in [-0.39, 0.29) is 0 Å². The van der Waals surface area contributed by atoms with Gasteiger partial charge in [0.15, 0.2) is 0 Å². The van der Waals surface area contributed by atoms with Gasteiger partial charge in [-0.25, -0.2) is 0 Å². The van der Waals surface area contributed by atoms with Crippen LogP contribution in [-0.4, -0.2) is 12.6 Å². The third kappa shape index (κ3) is 4.34. The van der Waals surface area contributed by atoms with E-state index in [1.54, 1.807) is 5.57 Å². The van der Waals surface area contributed by atoms with Gasteiger partial charge in [0.05, 0.1) is 0 Å². The van der Waals surface area contributed by atoms with Crippen molar-refractivity contribution in [3.05, 3.63) is 11.6 Å². The van der Waals surface area contributed by atoms with Crippen LogP contribution in [0, 0.1) is 11.8 Å². The summed E-state index contributed by atoms with van der Waals surface area (Å²) in [7, 11) is 0. The van der Waals surface area contributed by atoms with Gasteiger partial charge in [-0.2, -0.15) is 0 Å². The first-order valence-electron chi connectivity index (χ1n) is 8.75. The fourth-order valence-electron chi connectivity index (χ4n) is 4.03. The van der Waals surface area contributed by atoms with E-state index in [0.717, 1.165) is 11.8 Å². The fourth-order valence-corrected chi connectivity index (χ4v) is 4.03. The van der Waals surface area contributed by atoms with E-state index in [1.165, 1.54) is 70.8 Å². The molecule has 1 heteroatoms. The van der Waals surface area contributed by atoms with Gasteiger partial charge in [0, 0.05) is 6.04 Å². The zero-order chi connectivity index (χ0) is 13.5. The van der Waals surface area contributed by atoms with Crippen molar-refractivity contribution in [1.82, 2.24) is 5.32 Å². The Kier molecular flexibility index (Phi) is 6.43. The molecule has 0 aromatic carbocycles. The summed E-state index contributed by atoms with van der Waals surface area (Å²) in [5, 5.41) is 3.89. The summed E-state index contributed by atoms with van der Waals surface area (Å²) < 4.78 is 0. The molecule has 0 aliphatic heterocycles. The lowest BCUT2D eigenvalue weighted by molar-refractivity contribution is 0.319. The molecule has 1 fully saturated rings. The molecule has 1 nitrogen and oxygen atoms in total. The molecule has 3 atom stereocenters. The van der Waals surface area contributed by atoms with Crippen LogP contribution in [0.15, 0.2) is 11.6 Å². The van der Waals surface area contributed by atoms with E-state index >= 15 is 0 Å². The zero-order valence-corrected chi connectivity index (χ0v) is 13.1. The second-order valence-corrected chi connectivity index (χ2v) is 6.74. The van der Waals surface area contributed by atoms with Gasteiger partial charge in [-0.15, -0.1) is 0 Å². The lowest BCUT2D eigenvalue weighted by atomic mass is 9.82. The Bertz CT molecular complexity index is 281. The van der Waals surface area contributed by atoms with Gasteiger partial charge in [-0.3, -0.25) is 0 Å². The summed E-state index contributed by atoms with van der Waals surface area (Å²) in [4.78, 5) is 0. The predicted molar refractivity (Wildman–Crippen MR) is 84.4 cm³/mol. The Balaban J connectivity index is 2.05. The van der Waals surface area contributed by atoms with Crippen molar-refractivity contribution >= 4 is 0 Å². The van der Waals surface area contributed by atoms with Crippen molar-refractivity contribution in [3.63, 3.8) is 0 Å². The van der Waals surface area contributed by atoms with Crippen molar-refractivity contribution in [3.8, 4) is 0 Å². The van der Waals surface area contributed by atoms with Crippen LogP contribution in [-0.2, 0) is 0 Å². The molecule has 1 N–H and O–H groups in total. The minimum absolute atomic E-state index is 0.690. The van der Waals surface area contributed by atoms with Crippen LogP contribution < -0.4 is 5.32 Å². The van der Waals surface area contributed by atoms with E-state index in [4.69, 9.17) is 0 Å². The van der Waals surface area contributed by atoms with Crippen molar-refractivity contribution in [2.45, 2.75) is 84.1 Å². The molecule has 19 heavy (non-hydrogen) atoms. The Morgan fingerprint density at radius 3 is 2.74 bits per heavy atom. The van der Waals surface area contributed by atoms with E-state index in [0.29, 0.717) is 6.04 Å². The van der Waals surface area contributed by atoms with E-state index < -0.39 is 0 Å². The Hall–Kier alpha value is -0.300. The first-order chi connectivity index (χ1) is 9.33. The second kappa shape index (κ2) is 8.09. The third-order valence-electron chi connectivity index (χ3n) is 5.20. The molecule has 3 unspecified atom stereocenters. The van der Waals surface area contributed by atoms with Crippen LogP contribution in [0.4, 0.5) is 0 Å². The summed E-state index contributed by atoms with van der Waals surface area (Å²) >= 11 is 0. The number of nitrogens with one attached hydrogen (secondary N) is 1. The average molecular weight is 263 g/mol. The lowest BCUT2D eigenvalue weighted by Gasteiger charge is -2.31. The largest absolute Gasteiger partial charge is 0.310 e. The molecule has 1 saturated carbocycles. The molecule has 0 aromatic rings. The maximum atomic E-state index is 3.89. The first kappa shape index (κ1) is 15.1. The smallest absolute Gasteiger partial charge is 0.0310 e. The standard InChI is InChI=1S/C18H33N/c1-3-14-19-18(17-13-9-10-15(17)2)16-11-7-5-4-6-8-12-16/h11,15,17-19H,3-10,12-14H2,1-2H3. The van der Waals surface area contributed by atoms with Gasteiger partial charge in [0.2, 0.25) is 0 Å². The maximum absolute atomic E-state index is 3.89. The van der Waals surface area contributed by atoms with Crippen LogP contribution in [0.3, 0.4) is 0 Å². The second-order valence-electron chi connectivity index (χ2n) is 6.74. The SMILES string of the molecule is CCCNC(C1=CCCCCCC1)C1CCCC1C. The first-order valence-corrected chi connectivity index (χ1v) is 8.75. The zero-order valence-electron chi connectivity index (χ0n) is 13.1. The highest BCUT2D eigenvalue weighted by molar-refractivity contribution is 5.14. The molecule has 110 valence electrons. The van der Waals surface area contributed by atoms with E-state index in [2.05, 4.69) is 25.2 Å². The van der Waals surface area contributed by atoms with Gasteiger partial charge in [0.25, 0.3) is 0 Å². The van der Waals surface area contributed by atoms with Crippen molar-refractivity contribution in [2.75, 3.05) is 6.54 Å². The predicted octanol–water partition coefficient (Wildman–Crippen LogP) is 5.07. The van der Waals surface area contributed by atoms with Crippen LogP contribution in [0.25, 0.3) is 0 Å². The number of hydrogen-bond donors (Lipinski definition) is 1. The number of rotatable bonds is 5. The molecule has 0 amide bonds. The quantitative estimate of drug-likeness (QED) is 0.683. The number of allylic oxidation sites excluding steroid dienone is 1. The van der Waals surface area contributed by atoms with Gasteiger partial charge >= 0.3 is 0 Å². The van der Waals surface area contributed by atoms with Crippen molar-refractivity contribution in [1.29, 1.82) is 0 Å². The van der Waals surface area contributed by atoms with Gasteiger partial charge in [-0.05, 0) is 56.9 Å². The van der Waals surface area contributed by atoms with Crippen LogP contribution >= 0.6 is 0 Å². The molecule has 2 aliphatic carbocycles. The van der Waals surface area contributed by atoms with Crippen molar-refractivity contribution in [2.24, 2.45) is 11.8 Å².